The van der Waals surface area contributed by atoms with Crippen LogP contribution in [0.3, 0.4) is 0 Å². The Morgan fingerprint density at radius 1 is 0.870 bits per heavy atom. The summed E-state index contributed by atoms with van der Waals surface area (Å²) in [5.41, 5.74) is 2.60. The first-order chi connectivity index (χ1) is 22.4. The molecular weight excluding hydrogens is 592 g/mol. The Labute approximate surface area is 268 Å². The average Bonchev–Trinajstić information content (AvgIpc) is 3.08. The van der Waals surface area contributed by atoms with E-state index in [1.54, 1.807) is 6.92 Å². The minimum atomic E-state index is -0.975. The molecule has 0 unspecified atom stereocenters. The van der Waals surface area contributed by atoms with Gasteiger partial charge in [-0.25, -0.2) is 0 Å². The number of fused-ring (bicyclic) bond motifs is 1. The second-order valence-corrected chi connectivity index (χ2v) is 11.2. The summed E-state index contributed by atoms with van der Waals surface area (Å²) in [5.74, 6) is -1.20. The predicted molar refractivity (Wildman–Crippen MR) is 166 cm³/mol. The average molecular weight is 633 g/mol. The van der Waals surface area contributed by atoms with Gasteiger partial charge < -0.3 is 39.1 Å². The van der Waals surface area contributed by atoms with Gasteiger partial charge in [0, 0.05) is 19.0 Å². The zero-order valence-corrected chi connectivity index (χ0v) is 25.9. The maximum atomic E-state index is 13.1. The Morgan fingerprint density at radius 3 is 2.15 bits per heavy atom. The van der Waals surface area contributed by atoms with Gasteiger partial charge in [0.25, 0.3) is 0 Å². The van der Waals surface area contributed by atoms with E-state index < -0.39 is 54.9 Å². The van der Waals surface area contributed by atoms with Crippen LogP contribution in [0.5, 0.6) is 0 Å². The molecule has 2 aliphatic rings. The molecule has 2 amide bonds. The van der Waals surface area contributed by atoms with Crippen LogP contribution < -0.4 is 10.6 Å². The molecule has 0 aliphatic carbocycles. The molecule has 2 aliphatic heterocycles. The second-order valence-electron chi connectivity index (χ2n) is 11.2. The summed E-state index contributed by atoms with van der Waals surface area (Å²) < 4.78 is 36.6. The fourth-order valence-electron chi connectivity index (χ4n) is 5.34. The summed E-state index contributed by atoms with van der Waals surface area (Å²) in [4.78, 5) is 37.8. The van der Waals surface area contributed by atoms with Crippen molar-refractivity contribution in [3.05, 3.63) is 108 Å². The number of esters is 1. The van der Waals surface area contributed by atoms with E-state index in [-0.39, 0.29) is 38.7 Å². The summed E-state index contributed by atoms with van der Waals surface area (Å²) in [7, 11) is 0. The molecule has 7 atom stereocenters. The molecule has 46 heavy (non-hydrogen) atoms. The maximum Gasteiger partial charge on any atom is 0.307 e. The first-order valence-corrected chi connectivity index (χ1v) is 15.4. The lowest BCUT2D eigenvalue weighted by Gasteiger charge is -2.49. The third-order valence-corrected chi connectivity index (χ3v) is 7.64. The summed E-state index contributed by atoms with van der Waals surface area (Å²) >= 11 is 0. The third-order valence-electron chi connectivity index (χ3n) is 7.64. The van der Waals surface area contributed by atoms with Gasteiger partial charge in [-0.2, -0.15) is 0 Å². The van der Waals surface area contributed by atoms with Gasteiger partial charge in [-0.05, 0) is 18.1 Å². The Balaban J connectivity index is 1.26. The van der Waals surface area contributed by atoms with Gasteiger partial charge in [0.1, 0.15) is 37.1 Å². The van der Waals surface area contributed by atoms with Crippen molar-refractivity contribution in [3.8, 4) is 0 Å². The molecule has 0 radical (unpaired) electrons. The Bertz CT molecular complexity index is 1410. The van der Waals surface area contributed by atoms with Gasteiger partial charge in [0.15, 0.2) is 12.6 Å². The number of ether oxygens (including phenoxy) is 6. The molecule has 11 heteroatoms. The molecule has 0 saturated carbocycles. The van der Waals surface area contributed by atoms with Gasteiger partial charge >= 0.3 is 5.97 Å². The maximum absolute atomic E-state index is 13.1. The molecule has 2 saturated heterocycles. The summed E-state index contributed by atoms with van der Waals surface area (Å²) in [6.07, 6.45) is -4.78. The first kappa shape index (κ1) is 33.2. The van der Waals surface area contributed by atoms with E-state index in [1.807, 2.05) is 91.0 Å². The lowest BCUT2D eigenvalue weighted by molar-refractivity contribution is -0.351. The third kappa shape index (κ3) is 9.21. The number of nitrogens with one attached hydrogen (secondary N) is 2. The van der Waals surface area contributed by atoms with Crippen LogP contribution in [-0.2, 0) is 56.0 Å². The van der Waals surface area contributed by atoms with Gasteiger partial charge in [0.2, 0.25) is 11.8 Å². The fourth-order valence-corrected chi connectivity index (χ4v) is 5.34. The SMILES string of the molecule is CC(=O)N[C@@H]1[C@H](OCc2ccccc2)O[C@H]2CO[C@H](c3ccccc3)O[C@H]2[C@H]1O[C@H](C)C(=O)NCCC(=O)OCc1ccccc1. The van der Waals surface area contributed by atoms with Gasteiger partial charge in [-0.1, -0.05) is 91.0 Å². The van der Waals surface area contributed by atoms with E-state index in [0.717, 1.165) is 16.7 Å². The number of carbonyl (C=O) groups excluding carboxylic acids is 3. The van der Waals surface area contributed by atoms with Crippen molar-refractivity contribution in [1.29, 1.82) is 0 Å². The monoisotopic (exact) mass is 632 g/mol. The van der Waals surface area contributed by atoms with E-state index in [4.69, 9.17) is 28.4 Å². The minimum absolute atomic E-state index is 0.00359. The van der Waals surface area contributed by atoms with Crippen molar-refractivity contribution in [2.45, 2.75) is 76.5 Å². The smallest absolute Gasteiger partial charge is 0.307 e. The molecule has 2 N–H and O–H groups in total. The standard InChI is InChI=1S/C35H40N2O9/c1-23(33(40)36-19-18-29(39)41-20-25-12-6-3-7-13-25)44-32-30(37-24(2)38)35(42-21-26-14-8-4-9-15-26)45-28-22-43-34(46-31(28)32)27-16-10-5-11-17-27/h3-17,23,28,30-32,34-35H,18-22H2,1-2H3,(H,36,40)(H,37,38)/t23-,28+,30+,31-,32+,34+,35-/m1/s1. The van der Waals surface area contributed by atoms with Crippen molar-refractivity contribution in [3.63, 3.8) is 0 Å². The van der Waals surface area contributed by atoms with E-state index >= 15 is 0 Å². The van der Waals surface area contributed by atoms with E-state index in [0.29, 0.717) is 0 Å². The van der Waals surface area contributed by atoms with Crippen LogP contribution in [0.2, 0.25) is 0 Å². The van der Waals surface area contributed by atoms with Crippen molar-refractivity contribution in [2.75, 3.05) is 13.2 Å². The van der Waals surface area contributed by atoms with Crippen LogP contribution in [0.1, 0.15) is 43.2 Å². The van der Waals surface area contributed by atoms with E-state index in [1.165, 1.54) is 6.92 Å². The number of hydrogen-bond acceptors (Lipinski definition) is 9. The van der Waals surface area contributed by atoms with Crippen LogP contribution in [-0.4, -0.2) is 67.7 Å². The highest BCUT2D eigenvalue weighted by molar-refractivity contribution is 5.81. The molecule has 0 spiro atoms. The van der Waals surface area contributed by atoms with Crippen molar-refractivity contribution in [2.24, 2.45) is 0 Å². The second kappa shape index (κ2) is 16.4. The molecule has 244 valence electrons. The van der Waals surface area contributed by atoms with Crippen LogP contribution in [0.15, 0.2) is 91.0 Å². The highest BCUT2D eigenvalue weighted by Crippen LogP contribution is 2.36. The molecule has 2 fully saturated rings. The van der Waals surface area contributed by atoms with Crippen molar-refractivity contribution in [1.82, 2.24) is 10.6 Å². The Morgan fingerprint density at radius 2 is 1.50 bits per heavy atom. The van der Waals surface area contributed by atoms with Gasteiger partial charge in [-0.3, -0.25) is 14.4 Å². The number of carbonyl (C=O) groups is 3. The lowest BCUT2D eigenvalue weighted by atomic mass is 9.95. The fraction of sp³-hybridized carbons (Fsp3) is 0.400. The number of hydrogen-bond donors (Lipinski definition) is 2. The van der Waals surface area contributed by atoms with Gasteiger partial charge in [-0.15, -0.1) is 0 Å². The van der Waals surface area contributed by atoms with Crippen molar-refractivity contribution >= 4 is 17.8 Å². The number of rotatable bonds is 13. The van der Waals surface area contributed by atoms with Crippen LogP contribution in [0.25, 0.3) is 0 Å². The minimum Gasteiger partial charge on any atom is -0.461 e. The largest absolute Gasteiger partial charge is 0.461 e. The quantitative estimate of drug-likeness (QED) is 0.272. The normalized spacial score (nSPS) is 24.7. The molecule has 0 aromatic heterocycles. The zero-order valence-electron chi connectivity index (χ0n) is 25.9. The topological polar surface area (TPSA) is 131 Å². The van der Waals surface area contributed by atoms with E-state index in [9.17, 15) is 14.4 Å². The Kier molecular flexibility index (Phi) is 11.9. The van der Waals surface area contributed by atoms with Crippen molar-refractivity contribution < 1.29 is 42.8 Å². The first-order valence-electron chi connectivity index (χ1n) is 15.4. The van der Waals surface area contributed by atoms with Gasteiger partial charge in [0.05, 0.1) is 19.6 Å². The highest BCUT2D eigenvalue weighted by Gasteiger charge is 2.52. The summed E-state index contributed by atoms with van der Waals surface area (Å²) in [6.45, 7) is 3.61. The molecule has 5 rings (SSSR count). The summed E-state index contributed by atoms with van der Waals surface area (Å²) in [6, 6.07) is 27.6. The molecular formula is C35H40N2O9. The highest BCUT2D eigenvalue weighted by atomic mass is 16.8. The van der Waals surface area contributed by atoms with Crippen LogP contribution in [0.4, 0.5) is 0 Å². The predicted octanol–water partition coefficient (Wildman–Crippen LogP) is 3.57. The molecule has 3 aromatic rings. The lowest BCUT2D eigenvalue weighted by Crippen LogP contribution is -2.68. The molecule has 11 nitrogen and oxygen atoms in total. The number of benzene rings is 3. The number of amides is 2. The van der Waals surface area contributed by atoms with Crippen LogP contribution in [0, 0.1) is 0 Å². The zero-order chi connectivity index (χ0) is 32.3. The molecule has 0 bridgehead atoms. The molecule has 3 aromatic carbocycles. The van der Waals surface area contributed by atoms with Crippen LogP contribution >= 0.6 is 0 Å². The van der Waals surface area contributed by atoms with E-state index in [2.05, 4.69) is 10.6 Å². The molecule has 2 heterocycles. The summed E-state index contributed by atoms with van der Waals surface area (Å²) in [5, 5.41) is 5.65. The Hall–Kier alpha value is -4.13.